The number of carbonyl (C=O) groups excluding carboxylic acids is 2. The zero-order valence-corrected chi connectivity index (χ0v) is 21.9. The van der Waals surface area contributed by atoms with E-state index >= 15 is 0 Å². The van der Waals surface area contributed by atoms with Crippen LogP contribution in [0.2, 0.25) is 0 Å². The summed E-state index contributed by atoms with van der Waals surface area (Å²) in [4.78, 5) is 21.5. The second-order valence-electron chi connectivity index (χ2n) is 8.29. The maximum absolute atomic E-state index is 11.4. The zero-order valence-electron chi connectivity index (χ0n) is 21.9. The lowest BCUT2D eigenvalue weighted by Crippen LogP contribution is -2.43. The van der Waals surface area contributed by atoms with E-state index in [1.54, 1.807) is 0 Å². The van der Waals surface area contributed by atoms with Crippen LogP contribution in [-0.2, 0) is 19.1 Å². The van der Waals surface area contributed by atoms with Crippen molar-refractivity contribution < 1.29 is 19.1 Å². The molecule has 2 aliphatic rings. The molecule has 2 saturated carbocycles. The van der Waals surface area contributed by atoms with Gasteiger partial charge in [-0.25, -0.2) is 0 Å². The fourth-order valence-electron chi connectivity index (χ4n) is 3.79. The molecule has 0 amide bonds. The Morgan fingerprint density at radius 2 is 1.45 bits per heavy atom. The van der Waals surface area contributed by atoms with E-state index in [0.29, 0.717) is 36.7 Å². The monoisotopic (exact) mass is 443 g/mol. The normalized spacial score (nSPS) is 24.3. The Morgan fingerprint density at radius 3 is 1.84 bits per heavy atom. The van der Waals surface area contributed by atoms with Crippen molar-refractivity contribution in [1.29, 1.82) is 0 Å². The number of nitrogens with one attached hydrogen (secondary N) is 1. The molecule has 0 aromatic heterocycles. The van der Waals surface area contributed by atoms with E-state index in [1.165, 1.54) is 25.7 Å². The van der Waals surface area contributed by atoms with Gasteiger partial charge in [-0.1, -0.05) is 41.5 Å². The largest absolute Gasteiger partial charge is 0.381 e. The van der Waals surface area contributed by atoms with E-state index in [4.69, 9.17) is 9.47 Å². The van der Waals surface area contributed by atoms with Gasteiger partial charge in [-0.2, -0.15) is 0 Å². The average Bonchev–Trinajstić information content (AvgIpc) is 2.78. The van der Waals surface area contributed by atoms with Crippen LogP contribution in [-0.4, -0.2) is 51.6 Å². The lowest BCUT2D eigenvalue weighted by molar-refractivity contribution is -0.129. The summed E-state index contributed by atoms with van der Waals surface area (Å²) < 4.78 is 10.9. The predicted molar refractivity (Wildman–Crippen MR) is 132 cm³/mol. The molecule has 186 valence electrons. The van der Waals surface area contributed by atoms with Crippen LogP contribution in [0.15, 0.2) is 0 Å². The summed E-state index contributed by atoms with van der Waals surface area (Å²) in [6, 6.07) is 0.600. The summed E-state index contributed by atoms with van der Waals surface area (Å²) in [6.45, 7) is 17.2. The van der Waals surface area contributed by atoms with Crippen molar-refractivity contribution >= 4 is 12.1 Å². The molecule has 2 rings (SSSR count). The van der Waals surface area contributed by atoms with Crippen molar-refractivity contribution in [2.24, 2.45) is 23.7 Å². The van der Waals surface area contributed by atoms with Gasteiger partial charge in [0.25, 0.3) is 0 Å². The topological polar surface area (TPSA) is 64.6 Å². The molecule has 0 radical (unpaired) electrons. The maximum atomic E-state index is 11.4. The van der Waals surface area contributed by atoms with Gasteiger partial charge in [0.05, 0.1) is 6.61 Å². The van der Waals surface area contributed by atoms with Gasteiger partial charge in [0.15, 0.2) is 0 Å². The second kappa shape index (κ2) is 22.4. The van der Waals surface area contributed by atoms with E-state index in [2.05, 4.69) is 5.32 Å². The lowest BCUT2D eigenvalue weighted by Gasteiger charge is -2.34. The van der Waals surface area contributed by atoms with Gasteiger partial charge in [0.1, 0.15) is 12.1 Å². The van der Waals surface area contributed by atoms with Gasteiger partial charge in [-0.05, 0) is 64.3 Å². The van der Waals surface area contributed by atoms with Gasteiger partial charge in [0.2, 0.25) is 0 Å². The summed E-state index contributed by atoms with van der Waals surface area (Å²) in [5, 5.41) is 3.17. The van der Waals surface area contributed by atoms with Crippen molar-refractivity contribution in [2.45, 2.75) is 99.5 Å². The fourth-order valence-corrected chi connectivity index (χ4v) is 3.79. The van der Waals surface area contributed by atoms with Crippen LogP contribution in [0.25, 0.3) is 0 Å². The molecule has 0 unspecified atom stereocenters. The molecule has 2 aliphatic carbocycles. The molecule has 0 spiro atoms. The van der Waals surface area contributed by atoms with E-state index in [1.807, 2.05) is 55.5 Å². The third-order valence-corrected chi connectivity index (χ3v) is 5.78. The van der Waals surface area contributed by atoms with Gasteiger partial charge >= 0.3 is 0 Å². The van der Waals surface area contributed by atoms with Crippen LogP contribution in [0.5, 0.6) is 0 Å². The Kier molecular flexibility index (Phi) is 23.4. The molecule has 5 heteroatoms. The number of hydrogen-bond donors (Lipinski definition) is 1. The number of ketones is 1. The predicted octanol–water partition coefficient (Wildman–Crippen LogP) is 5.70. The van der Waals surface area contributed by atoms with Crippen LogP contribution in [0, 0.1) is 23.7 Å². The van der Waals surface area contributed by atoms with E-state index < -0.39 is 0 Å². The standard InChI is InChI=1S/C13H24O3.C9H17NO.2C2H6/c1-2-15-10-12-4-6-13(7-5-12)11-16-9-3-8-14;1-6(2)9(11)7-4-8(5-7)10-3;2*1-2/h8,12-13H,2-7,9-11H2,1H3;6-8,10H,4-5H2,1-3H3;2*1-2H3. The quantitative estimate of drug-likeness (QED) is 0.328. The molecule has 0 aromatic rings. The molecule has 0 aromatic carbocycles. The maximum Gasteiger partial charge on any atom is 0.138 e. The molecule has 31 heavy (non-hydrogen) atoms. The number of ether oxygens (including phenoxy) is 2. The minimum atomic E-state index is 0.220. The average molecular weight is 444 g/mol. The summed E-state index contributed by atoms with van der Waals surface area (Å²) in [5.41, 5.74) is 0. The number of Topliss-reactive ketones (excluding diaryl/α,β-unsaturated/α-hetero) is 1. The third-order valence-electron chi connectivity index (χ3n) is 5.78. The first-order valence-electron chi connectivity index (χ1n) is 12.8. The number of rotatable bonds is 11. The van der Waals surface area contributed by atoms with Crippen LogP contribution in [0.4, 0.5) is 0 Å². The van der Waals surface area contributed by atoms with Crippen molar-refractivity contribution in [3.63, 3.8) is 0 Å². The minimum Gasteiger partial charge on any atom is -0.381 e. The Labute approximate surface area is 193 Å². The number of aldehydes is 1. The Morgan fingerprint density at radius 1 is 0.968 bits per heavy atom. The summed E-state index contributed by atoms with van der Waals surface area (Å²) in [7, 11) is 1.96. The van der Waals surface area contributed by atoms with Crippen LogP contribution < -0.4 is 5.32 Å². The first kappa shape index (κ1) is 32.4. The second-order valence-corrected chi connectivity index (χ2v) is 8.29. The van der Waals surface area contributed by atoms with Crippen molar-refractivity contribution in [3.05, 3.63) is 0 Å². The van der Waals surface area contributed by atoms with Gasteiger partial charge in [0, 0.05) is 44.1 Å². The molecule has 1 N–H and O–H groups in total. The molecule has 0 heterocycles. The summed E-state index contributed by atoms with van der Waals surface area (Å²) in [5.74, 6) is 2.47. The summed E-state index contributed by atoms with van der Waals surface area (Å²) >= 11 is 0. The summed E-state index contributed by atoms with van der Waals surface area (Å²) in [6.07, 6.45) is 8.57. The van der Waals surface area contributed by atoms with Crippen molar-refractivity contribution in [2.75, 3.05) is 33.5 Å². The molecule has 2 fully saturated rings. The van der Waals surface area contributed by atoms with Gasteiger partial charge in [-0.15, -0.1) is 0 Å². The van der Waals surface area contributed by atoms with E-state index in [9.17, 15) is 9.59 Å². The van der Waals surface area contributed by atoms with E-state index in [-0.39, 0.29) is 5.92 Å². The molecule has 5 nitrogen and oxygen atoms in total. The molecule has 0 atom stereocenters. The highest BCUT2D eigenvalue weighted by atomic mass is 16.5. The molecular weight excluding hydrogens is 390 g/mol. The van der Waals surface area contributed by atoms with Crippen LogP contribution in [0.3, 0.4) is 0 Å². The first-order valence-corrected chi connectivity index (χ1v) is 12.8. The Balaban J connectivity index is 0. The highest BCUT2D eigenvalue weighted by molar-refractivity contribution is 5.83. The van der Waals surface area contributed by atoms with Gasteiger partial charge < -0.3 is 19.6 Å². The lowest BCUT2D eigenvalue weighted by atomic mass is 9.75. The zero-order chi connectivity index (χ0) is 24.1. The first-order chi connectivity index (χ1) is 15.0. The van der Waals surface area contributed by atoms with Crippen LogP contribution in [0.1, 0.15) is 93.4 Å². The molecule has 0 saturated heterocycles. The van der Waals surface area contributed by atoms with E-state index in [0.717, 1.165) is 44.9 Å². The SMILES string of the molecule is CC.CC.CCOCC1CCC(COCCC=O)CC1.CNC1CC(C(=O)C(C)C)C1. The fraction of sp³-hybridized carbons (Fsp3) is 0.923. The molecular formula is C26H53NO4. The highest BCUT2D eigenvalue weighted by Gasteiger charge is 2.33. The number of carbonyl (C=O) groups is 2. The molecule has 0 aliphatic heterocycles. The van der Waals surface area contributed by atoms with Crippen LogP contribution >= 0.6 is 0 Å². The van der Waals surface area contributed by atoms with Crippen molar-refractivity contribution in [1.82, 2.24) is 5.32 Å². The molecule has 0 bridgehead atoms. The minimum absolute atomic E-state index is 0.220. The van der Waals surface area contributed by atoms with Crippen molar-refractivity contribution in [3.8, 4) is 0 Å². The number of hydrogen-bond acceptors (Lipinski definition) is 5. The van der Waals surface area contributed by atoms with Gasteiger partial charge in [-0.3, -0.25) is 4.79 Å². The highest BCUT2D eigenvalue weighted by Crippen LogP contribution is 2.30. The smallest absolute Gasteiger partial charge is 0.138 e. The Hall–Kier alpha value is -0.780. The Bertz CT molecular complexity index is 400. The third kappa shape index (κ3) is 15.6.